The molecule has 0 heterocycles. The fourth-order valence-corrected chi connectivity index (χ4v) is 1.19. The van der Waals surface area contributed by atoms with Crippen LogP contribution in [0.2, 0.25) is 5.09 Å². The summed E-state index contributed by atoms with van der Waals surface area (Å²) in [4.78, 5) is 2.55. The van der Waals surface area contributed by atoms with E-state index >= 15 is 0 Å². The Morgan fingerprint density at radius 3 is 2.18 bits per heavy atom. The van der Waals surface area contributed by atoms with Crippen LogP contribution in [0.4, 0.5) is 0 Å². The number of rotatable bonds is 7. The molecule has 1 nitrogen and oxygen atoms in total. The molecule has 0 N–H and O–H groups in total. The fraction of sp³-hybridized carbons (Fsp3) is 1.00. The Balaban J connectivity index is 3.25. The Labute approximate surface area is 80.7 Å². The van der Waals surface area contributed by atoms with Gasteiger partial charge in [0.2, 0.25) is 0 Å². The van der Waals surface area contributed by atoms with Crippen LogP contribution in [0.1, 0.15) is 33.1 Å². The van der Waals surface area contributed by atoms with Crippen molar-refractivity contribution in [2.45, 2.75) is 38.2 Å². The molecule has 62 valence electrons. The molecule has 0 aliphatic heterocycles. The van der Waals surface area contributed by atoms with Crippen molar-refractivity contribution in [3.63, 3.8) is 0 Å². The van der Waals surface area contributed by atoms with E-state index in [0.717, 1.165) is 0 Å². The summed E-state index contributed by atoms with van der Waals surface area (Å²) in [6, 6.07) is 0. The van der Waals surface area contributed by atoms with Crippen molar-refractivity contribution in [1.29, 1.82) is 0 Å². The Morgan fingerprint density at radius 1 is 1.09 bits per heavy atom. The van der Waals surface area contributed by atoms with E-state index in [4.69, 9.17) is 0 Å². The monoisotopic (exact) mass is 149 g/mol. The van der Waals surface area contributed by atoms with Crippen LogP contribution in [0.25, 0.3) is 0 Å². The van der Waals surface area contributed by atoms with Crippen molar-refractivity contribution in [2.24, 2.45) is 0 Å². The van der Waals surface area contributed by atoms with Crippen molar-refractivity contribution in [3.05, 3.63) is 0 Å². The van der Waals surface area contributed by atoms with Crippen molar-refractivity contribution in [3.8, 4) is 0 Å². The molecule has 2 heteroatoms. The van der Waals surface area contributed by atoms with Gasteiger partial charge >= 0.3 is 80.5 Å². The molecule has 0 fully saturated rings. The Morgan fingerprint density at radius 2 is 1.73 bits per heavy atom. The first kappa shape index (κ1) is 11.6. The van der Waals surface area contributed by atoms with Crippen LogP contribution in [0.5, 0.6) is 0 Å². The third kappa shape index (κ3) is 6.94. The molecule has 0 aromatic carbocycles. The van der Waals surface area contributed by atoms with Crippen molar-refractivity contribution < 1.29 is 0 Å². The van der Waals surface area contributed by atoms with Gasteiger partial charge in [-0.2, -0.15) is 0 Å². The van der Waals surface area contributed by atoms with Gasteiger partial charge in [0.25, 0.3) is 0 Å². The number of unbranched alkanes of at least 4 members (excludes halogenated alkanes) is 1. The predicted molar refractivity (Wildman–Crippen MR) is 52.2 cm³/mol. The van der Waals surface area contributed by atoms with Gasteiger partial charge in [0.15, 0.2) is 0 Å². The summed E-state index contributed by atoms with van der Waals surface area (Å²) in [6.07, 6.45) is 4.04. The summed E-state index contributed by atoms with van der Waals surface area (Å²) < 4.78 is 0. The Kier molecular flexibility index (Phi) is 9.09. The van der Waals surface area contributed by atoms with Crippen molar-refractivity contribution in [2.75, 3.05) is 19.6 Å². The zero-order valence-corrected chi connectivity index (χ0v) is 8.40. The molecule has 0 unspecified atom stereocenters. The third-order valence-corrected chi connectivity index (χ3v) is 2.10. The summed E-state index contributed by atoms with van der Waals surface area (Å²) in [5, 5.41) is 1.32. The van der Waals surface area contributed by atoms with Gasteiger partial charge in [-0.3, -0.25) is 0 Å². The molecule has 0 bridgehead atoms. The maximum atomic E-state index is 2.55. The average molecular weight is 149 g/mol. The van der Waals surface area contributed by atoms with Gasteiger partial charge in [-0.1, -0.05) is 0 Å². The molecule has 0 saturated heterocycles. The first-order valence-corrected chi connectivity index (χ1v) is 5.07. The van der Waals surface area contributed by atoms with E-state index in [9.17, 15) is 0 Å². The molecule has 0 aliphatic rings. The minimum atomic E-state index is 1.22. The second kappa shape index (κ2) is 8.65. The molecule has 0 atom stereocenters. The summed E-state index contributed by atoms with van der Waals surface area (Å²) in [5.41, 5.74) is 0. The summed E-state index contributed by atoms with van der Waals surface area (Å²) in [6.45, 7) is 8.33. The van der Waals surface area contributed by atoms with E-state index in [1.807, 2.05) is 0 Å². The van der Waals surface area contributed by atoms with Crippen LogP contribution >= 0.6 is 0 Å². The van der Waals surface area contributed by atoms with E-state index in [1.54, 1.807) is 0 Å². The zero-order valence-electron chi connectivity index (χ0n) is 8.40. The molecule has 0 saturated carbocycles. The standard InChI is InChI=1S/C9H20N.Li/c1-4-7-9-10(6-3)8-5-2;/h2,4-9H2,1,3H3;. The molecular weight excluding hydrogens is 129 g/mol. The fourth-order valence-electron chi connectivity index (χ4n) is 1.19. The van der Waals surface area contributed by atoms with Gasteiger partial charge in [0.1, 0.15) is 0 Å². The molecule has 0 aromatic heterocycles. The van der Waals surface area contributed by atoms with Crippen LogP contribution in [-0.2, 0) is 0 Å². The molecule has 0 aliphatic carbocycles. The molecule has 11 heavy (non-hydrogen) atoms. The molecule has 0 spiro atoms. The SMILES string of the molecule is [Li][CH2]CCN(CC)CCCC. The second-order valence-corrected chi connectivity index (χ2v) is 3.14. The maximum absolute atomic E-state index is 2.55. The van der Waals surface area contributed by atoms with E-state index in [2.05, 4.69) is 36.5 Å². The molecule has 0 radical (unpaired) electrons. The molecular formula is C9H20LiN. The topological polar surface area (TPSA) is 3.24 Å². The van der Waals surface area contributed by atoms with Crippen LogP contribution in [-0.4, -0.2) is 42.2 Å². The minimum absolute atomic E-state index is 1.22. The predicted octanol–water partition coefficient (Wildman–Crippen LogP) is 2.09. The van der Waals surface area contributed by atoms with E-state index in [0.29, 0.717) is 0 Å². The van der Waals surface area contributed by atoms with E-state index < -0.39 is 0 Å². The average Bonchev–Trinajstić information content (AvgIpc) is 2.05. The summed E-state index contributed by atoms with van der Waals surface area (Å²) in [7, 11) is 0. The van der Waals surface area contributed by atoms with E-state index in [-0.39, 0.29) is 0 Å². The van der Waals surface area contributed by atoms with Gasteiger partial charge < -0.3 is 0 Å². The number of hydrogen-bond donors (Lipinski definition) is 0. The van der Waals surface area contributed by atoms with Crippen molar-refractivity contribution in [1.82, 2.24) is 4.90 Å². The third-order valence-electron chi connectivity index (χ3n) is 2.10. The molecule has 0 aromatic rings. The van der Waals surface area contributed by atoms with Crippen LogP contribution in [0.15, 0.2) is 0 Å². The normalized spacial score (nSPS) is 11.0. The van der Waals surface area contributed by atoms with Crippen LogP contribution in [0, 0.1) is 0 Å². The van der Waals surface area contributed by atoms with Crippen LogP contribution in [0.3, 0.4) is 0 Å². The first-order valence-electron chi connectivity index (χ1n) is 5.07. The van der Waals surface area contributed by atoms with Gasteiger partial charge in [-0.25, -0.2) is 0 Å². The number of nitrogens with zero attached hydrogens (tertiary/aromatic N) is 1. The Hall–Kier alpha value is 0.557. The molecule has 0 amide bonds. The van der Waals surface area contributed by atoms with Crippen LogP contribution < -0.4 is 0 Å². The van der Waals surface area contributed by atoms with Gasteiger partial charge in [0.05, 0.1) is 0 Å². The van der Waals surface area contributed by atoms with Gasteiger partial charge in [-0.15, -0.1) is 0 Å². The quantitative estimate of drug-likeness (QED) is 0.501. The first-order chi connectivity index (χ1) is 5.35. The molecule has 0 rings (SSSR count). The van der Waals surface area contributed by atoms with Gasteiger partial charge in [-0.05, 0) is 0 Å². The van der Waals surface area contributed by atoms with Crippen molar-refractivity contribution >= 4 is 17.7 Å². The zero-order chi connectivity index (χ0) is 8.53. The summed E-state index contributed by atoms with van der Waals surface area (Å²) in [5.74, 6) is 0. The van der Waals surface area contributed by atoms with E-state index in [1.165, 1.54) is 44.0 Å². The second-order valence-electron chi connectivity index (χ2n) is 3.14. The Bertz CT molecular complexity index is 68.0. The number of hydrogen-bond acceptors (Lipinski definition) is 1. The summed E-state index contributed by atoms with van der Waals surface area (Å²) >= 11 is 2.26. The van der Waals surface area contributed by atoms with Gasteiger partial charge in [0, 0.05) is 0 Å².